The highest BCUT2D eigenvalue weighted by Gasteiger charge is 2.08. The molecule has 0 aliphatic heterocycles. The van der Waals surface area contributed by atoms with Crippen molar-refractivity contribution >= 4 is 27.5 Å². The summed E-state index contributed by atoms with van der Waals surface area (Å²) < 4.78 is 0.733. The fraction of sp³-hybridized carbons (Fsp3) is 0.100. The summed E-state index contributed by atoms with van der Waals surface area (Å²) in [5.74, 6) is 0.591. The van der Waals surface area contributed by atoms with Crippen LogP contribution in [0.5, 0.6) is 0 Å². The summed E-state index contributed by atoms with van der Waals surface area (Å²) in [7, 11) is 0. The van der Waals surface area contributed by atoms with E-state index in [-0.39, 0.29) is 0 Å². The molecule has 0 amide bonds. The van der Waals surface area contributed by atoms with Gasteiger partial charge in [-0.05, 0) is 35.0 Å². The summed E-state index contributed by atoms with van der Waals surface area (Å²) in [4.78, 5) is 12.5. The molecule has 2 rings (SSSR count). The predicted octanol–water partition coefficient (Wildman–Crippen LogP) is 3.26. The van der Waals surface area contributed by atoms with Crippen molar-refractivity contribution < 1.29 is 0 Å². The molecule has 3 nitrogen and oxygen atoms in total. The van der Waals surface area contributed by atoms with Crippen molar-refractivity contribution in [2.45, 2.75) is 6.92 Å². The average molecular weight is 285 g/mol. The molecule has 0 aliphatic rings. The first-order chi connectivity index (χ1) is 7.18. The number of hydrogen-bond donors (Lipinski definition) is 0. The lowest BCUT2D eigenvalue weighted by Crippen LogP contribution is -1.94. The van der Waals surface area contributed by atoms with Gasteiger partial charge in [0.25, 0.3) is 0 Å². The monoisotopic (exact) mass is 283 g/mol. The summed E-state index contributed by atoms with van der Waals surface area (Å²) >= 11 is 9.26. The summed E-state index contributed by atoms with van der Waals surface area (Å²) in [5.41, 5.74) is 1.67. The van der Waals surface area contributed by atoms with E-state index in [0.717, 1.165) is 15.7 Å². The van der Waals surface area contributed by atoms with Gasteiger partial charge in [-0.1, -0.05) is 11.6 Å². The van der Waals surface area contributed by atoms with Crippen LogP contribution >= 0.6 is 27.5 Å². The Morgan fingerprint density at radius 3 is 2.73 bits per heavy atom. The first kappa shape index (κ1) is 10.5. The minimum Gasteiger partial charge on any atom is -0.264 e. The second-order valence-corrected chi connectivity index (χ2v) is 4.13. The summed E-state index contributed by atoms with van der Waals surface area (Å²) in [6, 6.07) is 3.73. The number of nitrogens with zero attached hydrogens (tertiary/aromatic N) is 3. The topological polar surface area (TPSA) is 38.7 Å². The van der Waals surface area contributed by atoms with E-state index < -0.39 is 0 Å². The lowest BCUT2D eigenvalue weighted by molar-refractivity contribution is 1.09. The number of aromatic nitrogens is 3. The van der Waals surface area contributed by atoms with Gasteiger partial charge in [-0.15, -0.1) is 0 Å². The summed E-state index contributed by atoms with van der Waals surface area (Å²) in [6.07, 6.45) is 3.41. The molecule has 0 aromatic carbocycles. The lowest BCUT2D eigenvalue weighted by Gasteiger charge is -2.03. The lowest BCUT2D eigenvalue weighted by atomic mass is 10.2. The summed E-state index contributed by atoms with van der Waals surface area (Å²) in [6.45, 7) is 1.87. The van der Waals surface area contributed by atoms with E-state index >= 15 is 0 Å². The van der Waals surface area contributed by atoms with Gasteiger partial charge in [0.15, 0.2) is 5.82 Å². The maximum atomic E-state index is 5.95. The van der Waals surface area contributed by atoms with E-state index in [0.29, 0.717) is 11.0 Å². The fourth-order valence-electron chi connectivity index (χ4n) is 1.15. The van der Waals surface area contributed by atoms with Crippen LogP contribution in [-0.4, -0.2) is 15.0 Å². The second kappa shape index (κ2) is 4.24. The Balaban J connectivity index is 2.56. The van der Waals surface area contributed by atoms with Crippen LogP contribution in [0.15, 0.2) is 29.0 Å². The van der Waals surface area contributed by atoms with Crippen LogP contribution in [0.4, 0.5) is 0 Å². The molecule has 15 heavy (non-hydrogen) atoms. The molecule has 0 fully saturated rings. The second-order valence-electron chi connectivity index (χ2n) is 2.98. The van der Waals surface area contributed by atoms with Crippen LogP contribution in [0.3, 0.4) is 0 Å². The molecular formula is C10H7BrClN3. The van der Waals surface area contributed by atoms with Crippen molar-refractivity contribution in [3.63, 3.8) is 0 Å². The quantitative estimate of drug-likeness (QED) is 0.755. The minimum absolute atomic E-state index is 0.418. The molecule has 2 heterocycles. The third-order valence-electron chi connectivity index (χ3n) is 1.90. The molecule has 0 atom stereocenters. The molecule has 0 saturated heterocycles. The highest BCUT2D eigenvalue weighted by molar-refractivity contribution is 9.10. The molecule has 0 aliphatic carbocycles. The number of rotatable bonds is 1. The zero-order valence-corrected chi connectivity index (χ0v) is 10.2. The van der Waals surface area contributed by atoms with Gasteiger partial charge in [0.1, 0.15) is 5.15 Å². The van der Waals surface area contributed by atoms with Gasteiger partial charge in [0.05, 0.1) is 10.2 Å². The number of aryl methyl sites for hydroxylation is 1. The molecule has 0 bridgehead atoms. The third kappa shape index (κ3) is 2.16. The third-order valence-corrected chi connectivity index (χ3v) is 3.35. The Morgan fingerprint density at radius 1 is 1.33 bits per heavy atom. The van der Waals surface area contributed by atoms with E-state index in [1.165, 1.54) is 0 Å². The zero-order valence-electron chi connectivity index (χ0n) is 7.91. The normalized spacial score (nSPS) is 10.3. The fourth-order valence-corrected chi connectivity index (χ4v) is 1.54. The van der Waals surface area contributed by atoms with Crippen LogP contribution in [-0.2, 0) is 0 Å². The number of hydrogen-bond acceptors (Lipinski definition) is 3. The van der Waals surface area contributed by atoms with Gasteiger partial charge in [-0.2, -0.15) is 0 Å². The molecule has 0 saturated carbocycles. The molecule has 0 unspecified atom stereocenters. The molecule has 0 N–H and O–H groups in total. The van der Waals surface area contributed by atoms with Crippen LogP contribution in [0, 0.1) is 6.92 Å². The van der Waals surface area contributed by atoms with Crippen LogP contribution < -0.4 is 0 Å². The molecular weight excluding hydrogens is 277 g/mol. The van der Waals surface area contributed by atoms with Crippen molar-refractivity contribution in [1.29, 1.82) is 0 Å². The molecule has 76 valence electrons. The first-order valence-corrected chi connectivity index (χ1v) is 5.45. The first-order valence-electron chi connectivity index (χ1n) is 4.28. The highest BCUT2D eigenvalue weighted by atomic mass is 79.9. The van der Waals surface area contributed by atoms with Gasteiger partial charge in [0, 0.05) is 18.0 Å². The minimum atomic E-state index is 0.418. The van der Waals surface area contributed by atoms with Crippen molar-refractivity contribution in [1.82, 2.24) is 15.0 Å². The Labute approximate surface area is 101 Å². The van der Waals surface area contributed by atoms with Gasteiger partial charge >= 0.3 is 0 Å². The Kier molecular flexibility index (Phi) is 2.98. The van der Waals surface area contributed by atoms with Crippen molar-refractivity contribution in [3.8, 4) is 11.4 Å². The van der Waals surface area contributed by atoms with Gasteiger partial charge < -0.3 is 0 Å². The van der Waals surface area contributed by atoms with E-state index in [4.69, 9.17) is 11.6 Å². The van der Waals surface area contributed by atoms with E-state index in [2.05, 4.69) is 30.9 Å². The van der Waals surface area contributed by atoms with E-state index in [1.807, 2.05) is 19.1 Å². The standard InChI is InChI=1S/C10H7BrClN3/c1-6-8(11)9(12)15-10(14-6)7-3-2-4-13-5-7/h2-5H,1H3. The summed E-state index contributed by atoms with van der Waals surface area (Å²) in [5, 5.41) is 0.418. The largest absolute Gasteiger partial charge is 0.264 e. The highest BCUT2D eigenvalue weighted by Crippen LogP contribution is 2.25. The van der Waals surface area contributed by atoms with Gasteiger partial charge in [-0.25, -0.2) is 9.97 Å². The number of pyridine rings is 1. The van der Waals surface area contributed by atoms with Crippen LogP contribution in [0.2, 0.25) is 5.15 Å². The molecule has 5 heteroatoms. The number of halogens is 2. The zero-order chi connectivity index (χ0) is 10.8. The smallest absolute Gasteiger partial charge is 0.162 e. The van der Waals surface area contributed by atoms with Crippen molar-refractivity contribution in [2.75, 3.05) is 0 Å². The van der Waals surface area contributed by atoms with E-state index in [1.54, 1.807) is 12.4 Å². The Hall–Kier alpha value is -1.00. The van der Waals surface area contributed by atoms with Gasteiger partial charge in [0.2, 0.25) is 0 Å². The van der Waals surface area contributed by atoms with Crippen LogP contribution in [0.25, 0.3) is 11.4 Å². The maximum Gasteiger partial charge on any atom is 0.162 e. The molecule has 2 aromatic rings. The van der Waals surface area contributed by atoms with Crippen molar-refractivity contribution in [2.24, 2.45) is 0 Å². The SMILES string of the molecule is Cc1nc(-c2cccnc2)nc(Cl)c1Br. The Bertz CT molecular complexity index is 464. The predicted molar refractivity (Wildman–Crippen MR) is 62.7 cm³/mol. The Morgan fingerprint density at radius 2 is 2.13 bits per heavy atom. The van der Waals surface area contributed by atoms with Crippen molar-refractivity contribution in [3.05, 3.63) is 39.8 Å². The average Bonchev–Trinajstić information content (AvgIpc) is 2.26. The molecule has 0 radical (unpaired) electrons. The maximum absolute atomic E-state index is 5.95. The molecule has 2 aromatic heterocycles. The van der Waals surface area contributed by atoms with Gasteiger partial charge in [-0.3, -0.25) is 4.98 Å². The molecule has 0 spiro atoms. The van der Waals surface area contributed by atoms with Crippen LogP contribution in [0.1, 0.15) is 5.69 Å². The van der Waals surface area contributed by atoms with E-state index in [9.17, 15) is 0 Å².